The summed E-state index contributed by atoms with van der Waals surface area (Å²) < 4.78 is 0. The molecule has 0 aliphatic carbocycles. The van der Waals surface area contributed by atoms with Gasteiger partial charge in [-0.3, -0.25) is 9.69 Å². The molecule has 1 aromatic carbocycles. The number of likely N-dealkylation sites (N-methyl/N-ethyl adjacent to an activating group) is 1. The molecule has 1 amide bonds. The van der Waals surface area contributed by atoms with Gasteiger partial charge >= 0.3 is 0 Å². The summed E-state index contributed by atoms with van der Waals surface area (Å²) in [6.45, 7) is 4.30. The van der Waals surface area contributed by atoms with Gasteiger partial charge in [0.05, 0.1) is 0 Å². The second-order valence-corrected chi connectivity index (χ2v) is 5.79. The first-order chi connectivity index (χ1) is 9.09. The Hall–Kier alpha value is -1.35. The summed E-state index contributed by atoms with van der Waals surface area (Å²) in [4.78, 5) is 16.6. The van der Waals surface area contributed by atoms with Crippen LogP contribution in [0, 0.1) is 5.92 Å². The van der Waals surface area contributed by atoms with Crippen molar-refractivity contribution in [1.82, 2.24) is 9.80 Å². The standard InChI is InChI=1S/C16H24N2O/c1-13-8-7-11-18(12-13)15(16(19)17(2)3)14-9-5-4-6-10-14/h4-6,9-10,13,15H,7-8,11-12H2,1-3H3. The number of rotatable bonds is 3. The van der Waals surface area contributed by atoms with E-state index in [4.69, 9.17) is 0 Å². The highest BCUT2D eigenvalue weighted by Crippen LogP contribution is 2.27. The van der Waals surface area contributed by atoms with E-state index in [9.17, 15) is 4.79 Å². The number of likely N-dealkylation sites (tertiary alicyclic amines) is 1. The molecular formula is C16H24N2O. The number of amides is 1. The van der Waals surface area contributed by atoms with Gasteiger partial charge in [0.25, 0.3) is 0 Å². The van der Waals surface area contributed by atoms with Crippen molar-refractivity contribution in [3.63, 3.8) is 0 Å². The van der Waals surface area contributed by atoms with Crippen molar-refractivity contribution in [2.24, 2.45) is 5.92 Å². The Morgan fingerprint density at radius 1 is 1.32 bits per heavy atom. The van der Waals surface area contributed by atoms with E-state index < -0.39 is 0 Å². The largest absolute Gasteiger partial charge is 0.347 e. The highest BCUT2D eigenvalue weighted by atomic mass is 16.2. The van der Waals surface area contributed by atoms with Crippen LogP contribution in [0.1, 0.15) is 31.4 Å². The third kappa shape index (κ3) is 3.35. The summed E-state index contributed by atoms with van der Waals surface area (Å²) in [5.41, 5.74) is 1.11. The zero-order valence-electron chi connectivity index (χ0n) is 12.2. The Morgan fingerprint density at radius 3 is 2.58 bits per heavy atom. The maximum Gasteiger partial charge on any atom is 0.244 e. The summed E-state index contributed by atoms with van der Waals surface area (Å²) in [5.74, 6) is 0.857. The highest BCUT2D eigenvalue weighted by molar-refractivity contribution is 5.82. The van der Waals surface area contributed by atoms with Gasteiger partial charge in [-0.15, -0.1) is 0 Å². The smallest absolute Gasteiger partial charge is 0.244 e. The summed E-state index contributed by atoms with van der Waals surface area (Å²) in [6, 6.07) is 10.0. The van der Waals surface area contributed by atoms with Crippen LogP contribution < -0.4 is 0 Å². The summed E-state index contributed by atoms with van der Waals surface area (Å²) in [6.07, 6.45) is 2.46. The Kier molecular flexibility index (Phi) is 4.59. The van der Waals surface area contributed by atoms with Crippen molar-refractivity contribution < 1.29 is 4.79 Å². The molecule has 0 aromatic heterocycles. The minimum atomic E-state index is -0.126. The lowest BCUT2D eigenvalue weighted by atomic mass is 9.95. The van der Waals surface area contributed by atoms with E-state index in [1.54, 1.807) is 4.90 Å². The van der Waals surface area contributed by atoms with E-state index in [0.29, 0.717) is 5.92 Å². The van der Waals surface area contributed by atoms with Crippen LogP contribution >= 0.6 is 0 Å². The van der Waals surface area contributed by atoms with E-state index in [2.05, 4.69) is 24.0 Å². The summed E-state index contributed by atoms with van der Waals surface area (Å²) >= 11 is 0. The topological polar surface area (TPSA) is 23.6 Å². The molecule has 0 saturated carbocycles. The first-order valence-electron chi connectivity index (χ1n) is 7.09. The molecule has 1 heterocycles. The van der Waals surface area contributed by atoms with Crippen LogP contribution in [0.3, 0.4) is 0 Å². The fraction of sp³-hybridized carbons (Fsp3) is 0.562. The van der Waals surface area contributed by atoms with Crippen LogP contribution in [0.25, 0.3) is 0 Å². The van der Waals surface area contributed by atoms with Gasteiger partial charge in [-0.1, -0.05) is 37.3 Å². The van der Waals surface area contributed by atoms with Crippen molar-refractivity contribution >= 4 is 5.91 Å². The molecule has 3 heteroatoms. The fourth-order valence-electron chi connectivity index (χ4n) is 2.85. The quantitative estimate of drug-likeness (QED) is 0.834. The third-order valence-electron chi connectivity index (χ3n) is 3.84. The lowest BCUT2D eigenvalue weighted by molar-refractivity contribution is -0.135. The Labute approximate surface area is 116 Å². The number of hydrogen-bond acceptors (Lipinski definition) is 2. The molecule has 1 saturated heterocycles. The van der Waals surface area contributed by atoms with Gasteiger partial charge in [0.1, 0.15) is 6.04 Å². The van der Waals surface area contributed by atoms with Crippen LogP contribution in [0.4, 0.5) is 0 Å². The van der Waals surface area contributed by atoms with Crippen LogP contribution in [-0.2, 0) is 4.79 Å². The Bertz CT molecular complexity index is 416. The van der Waals surface area contributed by atoms with Crippen molar-refractivity contribution in [2.45, 2.75) is 25.8 Å². The molecule has 104 valence electrons. The molecule has 3 nitrogen and oxygen atoms in total. The normalized spacial score (nSPS) is 21.9. The summed E-state index contributed by atoms with van der Waals surface area (Å²) in [5, 5.41) is 0. The molecule has 19 heavy (non-hydrogen) atoms. The molecule has 2 unspecified atom stereocenters. The average Bonchev–Trinajstić information content (AvgIpc) is 2.40. The van der Waals surface area contributed by atoms with Crippen LogP contribution in [-0.4, -0.2) is 42.9 Å². The van der Waals surface area contributed by atoms with Crippen molar-refractivity contribution in [1.29, 1.82) is 0 Å². The zero-order chi connectivity index (χ0) is 13.8. The molecule has 1 fully saturated rings. The maximum atomic E-state index is 12.5. The monoisotopic (exact) mass is 260 g/mol. The molecule has 1 aromatic rings. The van der Waals surface area contributed by atoms with Gasteiger partial charge in [-0.2, -0.15) is 0 Å². The molecule has 0 bridgehead atoms. The second-order valence-electron chi connectivity index (χ2n) is 5.79. The minimum absolute atomic E-state index is 0.126. The van der Waals surface area contributed by atoms with Crippen LogP contribution in [0.15, 0.2) is 30.3 Å². The molecule has 2 rings (SSSR count). The number of carbonyl (C=O) groups is 1. The zero-order valence-corrected chi connectivity index (χ0v) is 12.2. The molecule has 1 aliphatic heterocycles. The Balaban J connectivity index is 2.26. The first-order valence-corrected chi connectivity index (χ1v) is 7.09. The van der Waals surface area contributed by atoms with E-state index in [-0.39, 0.29) is 11.9 Å². The molecular weight excluding hydrogens is 236 g/mol. The minimum Gasteiger partial charge on any atom is -0.347 e. The predicted octanol–water partition coefficient (Wildman–Crippen LogP) is 2.55. The van der Waals surface area contributed by atoms with E-state index >= 15 is 0 Å². The predicted molar refractivity (Wildman–Crippen MR) is 77.8 cm³/mol. The molecule has 0 spiro atoms. The number of carbonyl (C=O) groups excluding carboxylic acids is 1. The van der Waals surface area contributed by atoms with Gasteiger partial charge in [0, 0.05) is 20.6 Å². The van der Waals surface area contributed by atoms with E-state index in [0.717, 1.165) is 18.7 Å². The van der Waals surface area contributed by atoms with Gasteiger partial charge < -0.3 is 4.90 Å². The number of piperidine rings is 1. The van der Waals surface area contributed by atoms with Crippen LogP contribution in [0.2, 0.25) is 0 Å². The first kappa shape index (κ1) is 14.1. The van der Waals surface area contributed by atoms with Gasteiger partial charge in [0.15, 0.2) is 0 Å². The van der Waals surface area contributed by atoms with Crippen molar-refractivity contribution in [3.05, 3.63) is 35.9 Å². The molecule has 0 radical (unpaired) electrons. The molecule has 1 aliphatic rings. The molecule has 2 atom stereocenters. The average molecular weight is 260 g/mol. The number of benzene rings is 1. The fourth-order valence-corrected chi connectivity index (χ4v) is 2.85. The maximum absolute atomic E-state index is 12.5. The third-order valence-corrected chi connectivity index (χ3v) is 3.84. The lowest BCUT2D eigenvalue weighted by Gasteiger charge is -2.37. The second kappa shape index (κ2) is 6.20. The SMILES string of the molecule is CC1CCCN(C(C(=O)N(C)C)c2ccccc2)C1. The molecule has 0 N–H and O–H groups in total. The van der Waals surface area contributed by atoms with Crippen LogP contribution in [0.5, 0.6) is 0 Å². The van der Waals surface area contributed by atoms with E-state index in [1.807, 2.05) is 32.3 Å². The van der Waals surface area contributed by atoms with Crippen molar-refractivity contribution in [2.75, 3.05) is 27.2 Å². The Morgan fingerprint density at radius 2 is 2.00 bits per heavy atom. The highest BCUT2D eigenvalue weighted by Gasteiger charge is 2.31. The van der Waals surface area contributed by atoms with Gasteiger partial charge in [-0.25, -0.2) is 0 Å². The lowest BCUT2D eigenvalue weighted by Crippen LogP contribution is -2.44. The van der Waals surface area contributed by atoms with E-state index in [1.165, 1.54) is 12.8 Å². The van der Waals surface area contributed by atoms with Crippen molar-refractivity contribution in [3.8, 4) is 0 Å². The van der Waals surface area contributed by atoms with Gasteiger partial charge in [0.2, 0.25) is 5.91 Å². The number of nitrogens with zero attached hydrogens (tertiary/aromatic N) is 2. The van der Waals surface area contributed by atoms with Gasteiger partial charge in [-0.05, 0) is 30.9 Å². The number of hydrogen-bond donors (Lipinski definition) is 0. The summed E-state index contributed by atoms with van der Waals surface area (Å²) in [7, 11) is 3.68.